The number of aliphatic hydroxyl groups excluding tert-OH is 1. The summed E-state index contributed by atoms with van der Waals surface area (Å²) in [5.41, 5.74) is 3.54. The number of rotatable bonds is 7. The summed E-state index contributed by atoms with van der Waals surface area (Å²) in [5.74, 6) is 1.71. The molecule has 1 heterocycles. The van der Waals surface area contributed by atoms with Crippen LogP contribution in [-0.2, 0) is 0 Å². The normalized spacial score (nSPS) is 16.2. The molecule has 1 unspecified atom stereocenters. The van der Waals surface area contributed by atoms with Gasteiger partial charge in [0.2, 0.25) is 0 Å². The number of nitrogens with zero attached hydrogens (tertiary/aromatic N) is 2. The highest BCUT2D eigenvalue weighted by atomic mass is 16.5. The van der Waals surface area contributed by atoms with Crippen LogP contribution < -0.4 is 14.4 Å². The molecule has 0 aliphatic carbocycles. The summed E-state index contributed by atoms with van der Waals surface area (Å²) in [6.07, 6.45) is -0.491. The molecule has 0 spiro atoms. The lowest BCUT2D eigenvalue weighted by molar-refractivity contribution is 0.0662. The smallest absolute Gasteiger partial charge is 0.120 e. The second-order valence-electron chi connectivity index (χ2n) is 7.28. The predicted octanol–water partition coefficient (Wildman–Crippen LogP) is 2.87. The van der Waals surface area contributed by atoms with E-state index in [1.165, 1.54) is 16.8 Å². The van der Waals surface area contributed by atoms with Crippen molar-refractivity contribution in [3.8, 4) is 11.5 Å². The Labute approximate surface area is 162 Å². The number of β-amino-alcohol motifs (C(OH)–C–C–N with tert-alkyl or cyclic N) is 1. The van der Waals surface area contributed by atoms with Crippen molar-refractivity contribution in [1.82, 2.24) is 4.90 Å². The number of hydrogen-bond donors (Lipinski definition) is 1. The van der Waals surface area contributed by atoms with Gasteiger partial charge >= 0.3 is 0 Å². The molecule has 1 saturated heterocycles. The number of anilines is 1. The van der Waals surface area contributed by atoms with Crippen LogP contribution in [-0.4, -0.2) is 62.6 Å². The Kier molecular flexibility index (Phi) is 6.58. The van der Waals surface area contributed by atoms with Crippen molar-refractivity contribution in [2.45, 2.75) is 20.0 Å². The van der Waals surface area contributed by atoms with Gasteiger partial charge in [0.05, 0.1) is 7.11 Å². The van der Waals surface area contributed by atoms with Crippen molar-refractivity contribution in [2.24, 2.45) is 0 Å². The van der Waals surface area contributed by atoms with E-state index in [0.717, 1.165) is 37.7 Å². The van der Waals surface area contributed by atoms with E-state index in [1.54, 1.807) is 7.11 Å². The fraction of sp³-hybridized carbons (Fsp3) is 0.455. The Morgan fingerprint density at radius 1 is 0.963 bits per heavy atom. The number of hydrogen-bond acceptors (Lipinski definition) is 5. The molecule has 5 nitrogen and oxygen atoms in total. The van der Waals surface area contributed by atoms with Crippen molar-refractivity contribution in [3.63, 3.8) is 0 Å². The Balaban J connectivity index is 1.44. The highest BCUT2D eigenvalue weighted by molar-refractivity contribution is 5.51. The molecule has 146 valence electrons. The van der Waals surface area contributed by atoms with Gasteiger partial charge in [0.25, 0.3) is 0 Å². The molecule has 1 aliphatic heterocycles. The standard InChI is InChI=1S/C22H30N2O3/c1-17-11-18(2)13-22(12-17)27-16-20(25)15-23-7-9-24(10-8-23)19-5-4-6-21(14-19)26-3/h4-6,11-14,20,25H,7-10,15-16H2,1-3H3. The fourth-order valence-electron chi connectivity index (χ4n) is 3.56. The number of aryl methyl sites for hydroxylation is 2. The second kappa shape index (κ2) is 9.11. The zero-order valence-corrected chi connectivity index (χ0v) is 16.5. The summed E-state index contributed by atoms with van der Waals surface area (Å²) >= 11 is 0. The molecule has 0 amide bonds. The van der Waals surface area contributed by atoms with Crippen LogP contribution in [0.25, 0.3) is 0 Å². The molecular formula is C22H30N2O3. The summed E-state index contributed by atoms with van der Waals surface area (Å²) in [4.78, 5) is 4.66. The second-order valence-corrected chi connectivity index (χ2v) is 7.28. The zero-order chi connectivity index (χ0) is 19.2. The molecule has 1 fully saturated rings. The van der Waals surface area contributed by atoms with Gasteiger partial charge in [-0.25, -0.2) is 0 Å². The van der Waals surface area contributed by atoms with E-state index in [0.29, 0.717) is 13.2 Å². The lowest BCUT2D eigenvalue weighted by Gasteiger charge is -2.37. The molecular weight excluding hydrogens is 340 g/mol. The summed E-state index contributed by atoms with van der Waals surface area (Å²) in [6.45, 7) is 8.80. The van der Waals surface area contributed by atoms with Crippen molar-refractivity contribution < 1.29 is 14.6 Å². The third-order valence-corrected chi connectivity index (χ3v) is 4.90. The van der Waals surface area contributed by atoms with Crippen LogP contribution in [0.2, 0.25) is 0 Å². The van der Waals surface area contributed by atoms with E-state index < -0.39 is 6.10 Å². The van der Waals surface area contributed by atoms with Crippen molar-refractivity contribution in [1.29, 1.82) is 0 Å². The molecule has 0 bridgehead atoms. The first-order chi connectivity index (χ1) is 13.0. The topological polar surface area (TPSA) is 45.2 Å². The molecule has 5 heteroatoms. The maximum atomic E-state index is 10.4. The van der Waals surface area contributed by atoms with E-state index in [4.69, 9.17) is 9.47 Å². The lowest BCUT2D eigenvalue weighted by atomic mass is 10.1. The van der Waals surface area contributed by atoms with E-state index in [-0.39, 0.29) is 0 Å². The van der Waals surface area contributed by atoms with E-state index >= 15 is 0 Å². The monoisotopic (exact) mass is 370 g/mol. The summed E-state index contributed by atoms with van der Waals surface area (Å²) < 4.78 is 11.1. The molecule has 0 saturated carbocycles. The Bertz CT molecular complexity index is 722. The molecule has 1 aliphatic rings. The van der Waals surface area contributed by atoms with Gasteiger partial charge in [0, 0.05) is 44.5 Å². The number of piperazine rings is 1. The molecule has 3 rings (SSSR count). The van der Waals surface area contributed by atoms with Crippen LogP contribution in [0.4, 0.5) is 5.69 Å². The van der Waals surface area contributed by atoms with Crippen LogP contribution in [0.1, 0.15) is 11.1 Å². The fourth-order valence-corrected chi connectivity index (χ4v) is 3.56. The van der Waals surface area contributed by atoms with Gasteiger partial charge in [-0.2, -0.15) is 0 Å². The highest BCUT2D eigenvalue weighted by Gasteiger charge is 2.20. The maximum absolute atomic E-state index is 10.4. The third kappa shape index (κ3) is 5.62. The van der Waals surface area contributed by atoms with Gasteiger partial charge in [0.1, 0.15) is 24.2 Å². The van der Waals surface area contributed by atoms with Gasteiger partial charge in [-0.05, 0) is 49.2 Å². The first kappa shape index (κ1) is 19.5. The average Bonchev–Trinajstić information content (AvgIpc) is 2.66. The van der Waals surface area contributed by atoms with Gasteiger partial charge in [0.15, 0.2) is 0 Å². The van der Waals surface area contributed by atoms with Crippen LogP contribution in [0, 0.1) is 13.8 Å². The van der Waals surface area contributed by atoms with E-state index in [1.807, 2.05) is 24.3 Å². The van der Waals surface area contributed by atoms with Crippen LogP contribution in [0.15, 0.2) is 42.5 Å². The van der Waals surface area contributed by atoms with Crippen molar-refractivity contribution >= 4 is 5.69 Å². The first-order valence-electron chi connectivity index (χ1n) is 9.54. The molecule has 27 heavy (non-hydrogen) atoms. The van der Waals surface area contributed by atoms with Gasteiger partial charge < -0.3 is 19.5 Å². The van der Waals surface area contributed by atoms with Crippen LogP contribution >= 0.6 is 0 Å². The molecule has 2 aromatic rings. The largest absolute Gasteiger partial charge is 0.497 e. The molecule has 1 N–H and O–H groups in total. The summed E-state index contributed by atoms with van der Waals surface area (Å²) in [6, 6.07) is 14.3. The highest BCUT2D eigenvalue weighted by Crippen LogP contribution is 2.22. The van der Waals surface area contributed by atoms with Gasteiger partial charge in [-0.3, -0.25) is 4.90 Å². The maximum Gasteiger partial charge on any atom is 0.120 e. The zero-order valence-electron chi connectivity index (χ0n) is 16.5. The average molecular weight is 370 g/mol. The van der Waals surface area contributed by atoms with Crippen LogP contribution in [0.3, 0.4) is 0 Å². The number of methoxy groups -OCH3 is 1. The number of ether oxygens (including phenoxy) is 2. The summed E-state index contributed by atoms with van der Waals surface area (Å²) in [7, 11) is 1.69. The summed E-state index contributed by atoms with van der Waals surface area (Å²) in [5, 5.41) is 10.4. The number of benzene rings is 2. The Morgan fingerprint density at radius 3 is 2.33 bits per heavy atom. The Morgan fingerprint density at radius 2 is 1.67 bits per heavy atom. The van der Waals surface area contributed by atoms with Crippen LogP contribution in [0.5, 0.6) is 11.5 Å². The molecule has 2 aromatic carbocycles. The molecule has 0 radical (unpaired) electrons. The third-order valence-electron chi connectivity index (χ3n) is 4.90. The van der Waals surface area contributed by atoms with E-state index in [9.17, 15) is 5.11 Å². The van der Waals surface area contributed by atoms with Crippen molar-refractivity contribution in [3.05, 3.63) is 53.6 Å². The molecule has 0 aromatic heterocycles. The molecule has 1 atom stereocenters. The minimum atomic E-state index is -0.491. The minimum absolute atomic E-state index is 0.318. The number of aliphatic hydroxyl groups is 1. The van der Waals surface area contributed by atoms with Gasteiger partial charge in [-0.15, -0.1) is 0 Å². The predicted molar refractivity (Wildman–Crippen MR) is 109 cm³/mol. The Hall–Kier alpha value is -2.24. The minimum Gasteiger partial charge on any atom is -0.497 e. The van der Waals surface area contributed by atoms with Crippen molar-refractivity contribution in [2.75, 3.05) is 51.3 Å². The van der Waals surface area contributed by atoms with Gasteiger partial charge in [-0.1, -0.05) is 12.1 Å². The SMILES string of the molecule is COc1cccc(N2CCN(CC(O)COc3cc(C)cc(C)c3)CC2)c1. The quantitative estimate of drug-likeness (QED) is 0.812. The first-order valence-corrected chi connectivity index (χ1v) is 9.54. The van der Waals surface area contributed by atoms with E-state index in [2.05, 4.69) is 41.8 Å². The lowest BCUT2D eigenvalue weighted by Crippen LogP contribution is -2.49.